The van der Waals surface area contributed by atoms with Gasteiger partial charge >= 0.3 is 0 Å². The first kappa shape index (κ1) is 27.4. The van der Waals surface area contributed by atoms with Crippen LogP contribution in [-0.2, 0) is 29.3 Å². The molecular weight excluding hydrogens is 537 g/mol. The Morgan fingerprint density at radius 1 is 0.976 bits per heavy atom. The molecule has 3 aliphatic rings. The molecular formula is C32H30FN5O4. The molecule has 1 N–H and O–H groups in total. The van der Waals surface area contributed by atoms with Crippen molar-refractivity contribution in [1.82, 2.24) is 15.1 Å². The van der Waals surface area contributed by atoms with E-state index in [-0.39, 0.29) is 30.6 Å². The van der Waals surface area contributed by atoms with Crippen molar-refractivity contribution in [3.63, 3.8) is 0 Å². The minimum absolute atomic E-state index is 0.213. The summed E-state index contributed by atoms with van der Waals surface area (Å²) in [4.78, 5) is 42.8. The van der Waals surface area contributed by atoms with Crippen molar-refractivity contribution in [1.29, 1.82) is 5.26 Å². The number of anilines is 1. The third-order valence-corrected chi connectivity index (χ3v) is 8.15. The van der Waals surface area contributed by atoms with Crippen LogP contribution in [0.3, 0.4) is 0 Å². The number of nitriles is 1. The quantitative estimate of drug-likeness (QED) is 0.437. The van der Waals surface area contributed by atoms with E-state index in [1.807, 2.05) is 29.2 Å². The molecule has 0 bridgehead atoms. The molecule has 0 spiro atoms. The Bertz CT molecular complexity index is 1580. The van der Waals surface area contributed by atoms with Crippen LogP contribution in [0.4, 0.5) is 10.1 Å². The highest BCUT2D eigenvalue weighted by Crippen LogP contribution is 2.34. The number of nitrogens with zero attached hydrogens (tertiary/aromatic N) is 4. The van der Waals surface area contributed by atoms with Crippen LogP contribution < -0.4 is 15.0 Å². The van der Waals surface area contributed by atoms with Crippen molar-refractivity contribution in [3.05, 3.63) is 94.3 Å². The molecule has 42 heavy (non-hydrogen) atoms. The van der Waals surface area contributed by atoms with Crippen LogP contribution in [0.5, 0.6) is 5.75 Å². The lowest BCUT2D eigenvalue weighted by Gasteiger charge is -2.36. The van der Waals surface area contributed by atoms with E-state index >= 15 is 0 Å². The smallest absolute Gasteiger partial charge is 0.255 e. The van der Waals surface area contributed by atoms with E-state index in [4.69, 9.17) is 10.00 Å². The molecule has 10 heteroatoms. The summed E-state index contributed by atoms with van der Waals surface area (Å²) in [6.07, 6.45) is 0.531. The number of hydrogen-bond donors (Lipinski definition) is 1. The Morgan fingerprint density at radius 2 is 1.74 bits per heavy atom. The number of rotatable bonds is 7. The highest BCUT2D eigenvalue weighted by Gasteiger charge is 2.40. The highest BCUT2D eigenvalue weighted by atomic mass is 19.1. The zero-order valence-electron chi connectivity index (χ0n) is 23.0. The van der Waals surface area contributed by atoms with Crippen molar-refractivity contribution in [2.75, 3.05) is 31.1 Å². The lowest BCUT2D eigenvalue weighted by Crippen LogP contribution is -2.52. The number of carbonyl (C=O) groups excluding carboxylic acids is 3. The number of halogens is 1. The lowest BCUT2D eigenvalue weighted by atomic mass is 10.0. The molecule has 3 aromatic carbocycles. The summed E-state index contributed by atoms with van der Waals surface area (Å²) in [6, 6.07) is 19.5. The van der Waals surface area contributed by atoms with Gasteiger partial charge in [-0.1, -0.05) is 30.3 Å². The van der Waals surface area contributed by atoms with Gasteiger partial charge in [0.15, 0.2) is 0 Å². The van der Waals surface area contributed by atoms with Gasteiger partial charge in [-0.25, -0.2) is 4.39 Å². The van der Waals surface area contributed by atoms with Gasteiger partial charge in [0, 0.05) is 50.3 Å². The maximum atomic E-state index is 14.4. The Morgan fingerprint density at radius 3 is 2.45 bits per heavy atom. The lowest BCUT2D eigenvalue weighted by molar-refractivity contribution is -0.136. The van der Waals surface area contributed by atoms with E-state index in [0.717, 1.165) is 30.8 Å². The fourth-order valence-corrected chi connectivity index (χ4v) is 5.83. The standard InChI is InChI=1S/C32H30FN5O4/c33-26-16-23(17-34)8-9-27(26)37-14-12-36(13-15-37)18-21-4-6-22(7-5-21)20-42-29-3-1-2-24-25(29)19-38(32(24)41)28-10-11-30(39)35-31(28)40/h1-9,16,28H,10-15,18-20H2,(H,35,39,40). The van der Waals surface area contributed by atoms with Gasteiger partial charge in [0.05, 0.1) is 23.9 Å². The first-order chi connectivity index (χ1) is 20.4. The molecule has 1 atom stereocenters. The maximum absolute atomic E-state index is 14.4. The number of benzene rings is 3. The predicted octanol–water partition coefficient (Wildman–Crippen LogP) is 3.36. The molecule has 214 valence electrons. The molecule has 3 heterocycles. The topological polar surface area (TPSA) is 106 Å². The molecule has 0 aliphatic carbocycles. The van der Waals surface area contributed by atoms with Crippen LogP contribution >= 0.6 is 0 Å². The molecule has 0 saturated carbocycles. The van der Waals surface area contributed by atoms with Gasteiger partial charge in [0.25, 0.3) is 5.91 Å². The molecule has 2 saturated heterocycles. The SMILES string of the molecule is N#Cc1ccc(N2CCN(Cc3ccc(COc4cccc5c4CN(C4CCC(=O)NC4=O)C5=O)cc3)CC2)c(F)c1. The van der Waals surface area contributed by atoms with E-state index in [9.17, 15) is 18.8 Å². The summed E-state index contributed by atoms with van der Waals surface area (Å²) in [5, 5.41) is 11.3. The van der Waals surface area contributed by atoms with Gasteiger partial charge in [0.1, 0.15) is 24.2 Å². The fourth-order valence-electron chi connectivity index (χ4n) is 5.83. The van der Waals surface area contributed by atoms with Gasteiger partial charge < -0.3 is 14.5 Å². The second-order valence-corrected chi connectivity index (χ2v) is 10.8. The predicted molar refractivity (Wildman–Crippen MR) is 152 cm³/mol. The first-order valence-corrected chi connectivity index (χ1v) is 14.0. The third-order valence-electron chi connectivity index (χ3n) is 8.15. The number of piperazine rings is 1. The fraction of sp³-hybridized carbons (Fsp3) is 0.312. The Hall–Kier alpha value is -4.75. The van der Waals surface area contributed by atoms with Gasteiger partial charge in [-0.05, 0) is 47.9 Å². The van der Waals surface area contributed by atoms with Crippen LogP contribution in [-0.4, -0.2) is 59.7 Å². The first-order valence-electron chi connectivity index (χ1n) is 14.0. The van der Waals surface area contributed by atoms with Crippen molar-refractivity contribution < 1.29 is 23.5 Å². The molecule has 2 fully saturated rings. The van der Waals surface area contributed by atoms with E-state index < -0.39 is 11.9 Å². The summed E-state index contributed by atoms with van der Waals surface area (Å²) in [7, 11) is 0. The summed E-state index contributed by atoms with van der Waals surface area (Å²) in [5.41, 5.74) is 4.29. The van der Waals surface area contributed by atoms with Crippen LogP contribution in [0.25, 0.3) is 0 Å². The molecule has 1 unspecified atom stereocenters. The molecule has 0 aromatic heterocycles. The zero-order chi connectivity index (χ0) is 29.2. The van der Waals surface area contributed by atoms with Crippen LogP contribution in [0.1, 0.15) is 45.5 Å². The van der Waals surface area contributed by atoms with Gasteiger partial charge in [0.2, 0.25) is 11.8 Å². The number of carbonyl (C=O) groups is 3. The Balaban J connectivity index is 1.02. The number of hydrogen-bond acceptors (Lipinski definition) is 7. The monoisotopic (exact) mass is 567 g/mol. The van der Waals surface area contributed by atoms with Gasteiger partial charge in [-0.2, -0.15) is 5.26 Å². The number of amides is 3. The molecule has 6 rings (SSSR count). The molecule has 3 aliphatic heterocycles. The number of nitrogens with one attached hydrogen (secondary N) is 1. The summed E-state index contributed by atoms with van der Waals surface area (Å²) in [5.74, 6) is -0.723. The molecule has 9 nitrogen and oxygen atoms in total. The number of ether oxygens (including phenoxy) is 1. The van der Waals surface area contributed by atoms with Crippen molar-refractivity contribution >= 4 is 23.4 Å². The number of imide groups is 1. The van der Waals surface area contributed by atoms with Crippen molar-refractivity contribution in [2.24, 2.45) is 0 Å². The van der Waals surface area contributed by atoms with Gasteiger partial charge in [-0.3, -0.25) is 24.6 Å². The zero-order valence-corrected chi connectivity index (χ0v) is 23.0. The van der Waals surface area contributed by atoms with Crippen molar-refractivity contribution in [2.45, 2.75) is 38.6 Å². The molecule has 3 aromatic rings. The Labute approximate surface area is 243 Å². The third kappa shape index (κ3) is 5.56. The van der Waals surface area contributed by atoms with Gasteiger partial charge in [-0.15, -0.1) is 0 Å². The van der Waals surface area contributed by atoms with Crippen molar-refractivity contribution in [3.8, 4) is 11.8 Å². The average molecular weight is 568 g/mol. The molecule has 3 amide bonds. The normalized spacial score (nSPS) is 19.0. The summed E-state index contributed by atoms with van der Waals surface area (Å²) in [6.45, 7) is 4.41. The Kier molecular flexibility index (Phi) is 7.59. The number of fused-ring (bicyclic) bond motifs is 1. The van der Waals surface area contributed by atoms with E-state index in [1.54, 1.807) is 24.3 Å². The average Bonchev–Trinajstić information content (AvgIpc) is 3.33. The number of piperidine rings is 1. The minimum Gasteiger partial charge on any atom is -0.489 e. The maximum Gasteiger partial charge on any atom is 0.255 e. The summed E-state index contributed by atoms with van der Waals surface area (Å²) >= 11 is 0. The van der Waals surface area contributed by atoms with E-state index in [1.165, 1.54) is 16.5 Å². The van der Waals surface area contributed by atoms with Crippen LogP contribution in [0, 0.1) is 17.1 Å². The van der Waals surface area contributed by atoms with E-state index in [0.29, 0.717) is 48.7 Å². The van der Waals surface area contributed by atoms with E-state index in [2.05, 4.69) is 22.3 Å². The summed E-state index contributed by atoms with van der Waals surface area (Å²) < 4.78 is 20.6. The minimum atomic E-state index is -0.664. The second kappa shape index (κ2) is 11.6. The second-order valence-electron chi connectivity index (χ2n) is 10.8. The van der Waals surface area contributed by atoms with Crippen LogP contribution in [0.15, 0.2) is 60.7 Å². The van der Waals surface area contributed by atoms with Crippen LogP contribution in [0.2, 0.25) is 0 Å². The highest BCUT2D eigenvalue weighted by molar-refractivity contribution is 6.05. The molecule has 0 radical (unpaired) electrons. The largest absolute Gasteiger partial charge is 0.489 e.